The van der Waals surface area contributed by atoms with Crippen LogP contribution in [-0.2, 0) is 28.4 Å². The van der Waals surface area contributed by atoms with Crippen LogP contribution in [0.4, 0.5) is 0 Å². The Hall–Kier alpha value is -2.13. The fourth-order valence-corrected chi connectivity index (χ4v) is 4.13. The van der Waals surface area contributed by atoms with Crippen molar-refractivity contribution in [3.05, 3.63) is 82.4 Å². The molecular formula is C23H25Cl2N3O4. The molecular weight excluding hydrogens is 453 g/mol. The number of ether oxygens (including phenoxy) is 3. The van der Waals surface area contributed by atoms with Crippen LogP contribution in [0, 0.1) is 0 Å². The SMILES string of the molecule is OCCNCc1ccc(OCC2COC(Cn3ccnc3)(c3ccc(Cl)cc3Cl)O2)cc1. The molecule has 2 heterocycles. The number of nitrogens with one attached hydrogen (secondary N) is 1. The van der Waals surface area contributed by atoms with Gasteiger partial charge in [0.2, 0.25) is 5.79 Å². The average Bonchev–Trinajstić information content (AvgIpc) is 3.44. The second kappa shape index (κ2) is 10.7. The molecule has 170 valence electrons. The Morgan fingerprint density at radius 2 is 2.06 bits per heavy atom. The number of aliphatic hydroxyl groups is 1. The van der Waals surface area contributed by atoms with Crippen LogP contribution < -0.4 is 10.1 Å². The third-order valence-corrected chi connectivity index (χ3v) is 5.68. The predicted molar refractivity (Wildman–Crippen MR) is 122 cm³/mol. The summed E-state index contributed by atoms with van der Waals surface area (Å²) in [7, 11) is 0. The van der Waals surface area contributed by atoms with Gasteiger partial charge in [0.1, 0.15) is 18.5 Å². The number of benzene rings is 2. The Morgan fingerprint density at radius 1 is 1.22 bits per heavy atom. The van der Waals surface area contributed by atoms with Crippen molar-refractivity contribution in [2.45, 2.75) is 25.0 Å². The molecule has 0 radical (unpaired) electrons. The van der Waals surface area contributed by atoms with Crippen LogP contribution in [0.2, 0.25) is 10.0 Å². The van der Waals surface area contributed by atoms with Crippen molar-refractivity contribution >= 4 is 23.2 Å². The van der Waals surface area contributed by atoms with Gasteiger partial charge in [-0.25, -0.2) is 4.98 Å². The van der Waals surface area contributed by atoms with E-state index in [-0.39, 0.29) is 12.7 Å². The summed E-state index contributed by atoms with van der Waals surface area (Å²) in [5.74, 6) is -0.324. The van der Waals surface area contributed by atoms with E-state index < -0.39 is 5.79 Å². The van der Waals surface area contributed by atoms with Crippen molar-refractivity contribution in [2.24, 2.45) is 0 Å². The van der Waals surface area contributed by atoms with Gasteiger partial charge in [0, 0.05) is 36.1 Å². The summed E-state index contributed by atoms with van der Waals surface area (Å²) < 4.78 is 20.4. The Kier molecular flexibility index (Phi) is 7.67. The van der Waals surface area contributed by atoms with Crippen LogP contribution in [0.1, 0.15) is 11.1 Å². The summed E-state index contributed by atoms with van der Waals surface area (Å²) in [5, 5.41) is 13.0. The molecule has 4 rings (SSSR count). The van der Waals surface area contributed by atoms with E-state index in [4.69, 9.17) is 42.5 Å². The Bertz CT molecular complexity index is 1000. The quantitative estimate of drug-likeness (QED) is 0.434. The molecule has 2 atom stereocenters. The van der Waals surface area contributed by atoms with Gasteiger partial charge in [0.05, 0.1) is 31.1 Å². The first-order chi connectivity index (χ1) is 15.6. The van der Waals surface area contributed by atoms with Gasteiger partial charge < -0.3 is 29.2 Å². The van der Waals surface area contributed by atoms with Crippen LogP contribution in [0.5, 0.6) is 5.75 Å². The molecule has 0 saturated carbocycles. The molecule has 9 heteroatoms. The highest BCUT2D eigenvalue weighted by atomic mass is 35.5. The molecule has 1 saturated heterocycles. The molecule has 2 N–H and O–H groups in total. The molecule has 0 aliphatic carbocycles. The number of halogens is 2. The number of hydrogen-bond donors (Lipinski definition) is 2. The third-order valence-electron chi connectivity index (χ3n) is 5.13. The van der Waals surface area contributed by atoms with Gasteiger partial charge in [-0.1, -0.05) is 41.4 Å². The zero-order valence-corrected chi connectivity index (χ0v) is 18.9. The smallest absolute Gasteiger partial charge is 0.215 e. The minimum atomic E-state index is -1.07. The monoisotopic (exact) mass is 477 g/mol. The van der Waals surface area contributed by atoms with Gasteiger partial charge >= 0.3 is 0 Å². The number of aromatic nitrogens is 2. The second-order valence-electron chi connectivity index (χ2n) is 7.52. The van der Waals surface area contributed by atoms with Crippen LogP contribution in [-0.4, -0.2) is 47.1 Å². The highest BCUT2D eigenvalue weighted by Gasteiger charge is 2.45. The molecule has 0 bridgehead atoms. The zero-order valence-electron chi connectivity index (χ0n) is 17.4. The highest BCUT2D eigenvalue weighted by Crippen LogP contribution is 2.40. The third kappa shape index (κ3) is 5.61. The average molecular weight is 478 g/mol. The van der Waals surface area contributed by atoms with Crippen molar-refractivity contribution in [3.8, 4) is 5.75 Å². The summed E-state index contributed by atoms with van der Waals surface area (Å²) in [6, 6.07) is 13.1. The maximum Gasteiger partial charge on any atom is 0.215 e. The van der Waals surface area contributed by atoms with Crippen molar-refractivity contribution in [1.82, 2.24) is 14.9 Å². The number of aliphatic hydroxyl groups excluding tert-OH is 1. The van der Waals surface area contributed by atoms with Gasteiger partial charge in [-0.05, 0) is 29.8 Å². The topological polar surface area (TPSA) is 77.8 Å². The maximum atomic E-state index is 8.85. The van der Waals surface area contributed by atoms with Crippen LogP contribution >= 0.6 is 23.2 Å². The first-order valence-electron chi connectivity index (χ1n) is 10.3. The summed E-state index contributed by atoms with van der Waals surface area (Å²) in [4.78, 5) is 4.11. The molecule has 2 aromatic carbocycles. The number of rotatable bonds is 10. The highest BCUT2D eigenvalue weighted by molar-refractivity contribution is 6.35. The van der Waals surface area contributed by atoms with E-state index in [1.165, 1.54) is 0 Å². The summed E-state index contributed by atoms with van der Waals surface area (Å²) >= 11 is 12.6. The van der Waals surface area contributed by atoms with E-state index in [0.717, 1.165) is 11.3 Å². The predicted octanol–water partition coefficient (Wildman–Crippen LogP) is 3.62. The lowest BCUT2D eigenvalue weighted by atomic mass is 10.1. The van der Waals surface area contributed by atoms with E-state index in [0.29, 0.717) is 48.5 Å². The van der Waals surface area contributed by atoms with Crippen LogP contribution in [0.25, 0.3) is 0 Å². The van der Waals surface area contributed by atoms with Gasteiger partial charge in [-0.15, -0.1) is 0 Å². The Morgan fingerprint density at radius 3 is 2.78 bits per heavy atom. The minimum absolute atomic E-state index is 0.119. The van der Waals surface area contributed by atoms with E-state index in [2.05, 4.69) is 10.3 Å². The molecule has 1 aromatic heterocycles. The normalized spacial score (nSPS) is 20.5. The van der Waals surface area contributed by atoms with Gasteiger partial charge in [0.25, 0.3) is 0 Å². The summed E-state index contributed by atoms with van der Waals surface area (Å²) in [6.45, 7) is 2.46. The molecule has 3 aromatic rings. The minimum Gasteiger partial charge on any atom is -0.491 e. The van der Waals surface area contributed by atoms with E-state index in [1.54, 1.807) is 24.7 Å². The molecule has 1 fully saturated rings. The second-order valence-corrected chi connectivity index (χ2v) is 8.36. The first-order valence-corrected chi connectivity index (χ1v) is 11.1. The van der Waals surface area contributed by atoms with Crippen molar-refractivity contribution < 1.29 is 19.3 Å². The van der Waals surface area contributed by atoms with Crippen LogP contribution in [0.15, 0.2) is 61.2 Å². The lowest BCUT2D eigenvalue weighted by Gasteiger charge is -2.30. The fourth-order valence-electron chi connectivity index (χ4n) is 3.58. The molecule has 0 amide bonds. The van der Waals surface area contributed by atoms with E-state index >= 15 is 0 Å². The lowest BCUT2D eigenvalue weighted by Crippen LogP contribution is -2.34. The Labute approximate surface area is 196 Å². The molecule has 1 aliphatic heterocycles. The zero-order chi connectivity index (χ0) is 22.4. The van der Waals surface area contributed by atoms with Crippen molar-refractivity contribution in [2.75, 3.05) is 26.4 Å². The van der Waals surface area contributed by atoms with Gasteiger partial charge in [-0.2, -0.15) is 0 Å². The fraction of sp³-hybridized carbons (Fsp3) is 0.348. The summed E-state index contributed by atoms with van der Waals surface area (Å²) in [5.41, 5.74) is 1.82. The lowest BCUT2D eigenvalue weighted by molar-refractivity contribution is -0.189. The summed E-state index contributed by atoms with van der Waals surface area (Å²) in [6.07, 6.45) is 4.98. The van der Waals surface area contributed by atoms with Crippen molar-refractivity contribution in [1.29, 1.82) is 0 Å². The first kappa shape index (κ1) is 23.0. The number of imidazole rings is 1. The van der Waals surface area contributed by atoms with Crippen molar-refractivity contribution in [3.63, 3.8) is 0 Å². The number of nitrogens with zero attached hydrogens (tertiary/aromatic N) is 2. The molecule has 2 unspecified atom stereocenters. The molecule has 7 nitrogen and oxygen atoms in total. The van der Waals surface area contributed by atoms with E-state index in [1.807, 2.05) is 41.1 Å². The van der Waals surface area contributed by atoms with Gasteiger partial charge in [0.15, 0.2) is 0 Å². The van der Waals surface area contributed by atoms with Gasteiger partial charge in [-0.3, -0.25) is 0 Å². The van der Waals surface area contributed by atoms with E-state index in [9.17, 15) is 0 Å². The number of hydrogen-bond acceptors (Lipinski definition) is 6. The largest absolute Gasteiger partial charge is 0.491 e. The Balaban J connectivity index is 1.42. The standard InChI is InChI=1S/C23H25Cl2N3O4/c24-18-3-6-21(22(25)11-18)23(15-28-9-7-27-16-28)31-14-20(32-23)13-30-19-4-1-17(2-5-19)12-26-8-10-29/h1-7,9,11,16,20,26,29H,8,10,12-15H2. The molecule has 1 aliphatic rings. The maximum absolute atomic E-state index is 8.85. The van der Waals surface area contributed by atoms with Crippen LogP contribution in [0.3, 0.4) is 0 Å². The molecule has 0 spiro atoms. The molecule has 32 heavy (non-hydrogen) atoms.